The molecule has 0 aromatic heterocycles. The van der Waals surface area contributed by atoms with Gasteiger partial charge in [0.2, 0.25) is 5.91 Å². The highest BCUT2D eigenvalue weighted by Gasteiger charge is 2.13. The molecule has 1 saturated heterocycles. The van der Waals surface area contributed by atoms with Crippen molar-refractivity contribution in [3.8, 4) is 6.07 Å². The fourth-order valence-electron chi connectivity index (χ4n) is 1.89. The monoisotopic (exact) mass is 259 g/mol. The lowest BCUT2D eigenvalue weighted by Gasteiger charge is -2.28. The Kier molecular flexibility index (Phi) is 4.37. The van der Waals surface area contributed by atoms with Crippen LogP contribution < -0.4 is 10.2 Å². The standard InChI is InChI=1S/C14H17N3O2/c1-11(10-15)14(18)16-12-2-4-13(5-3-12)17-6-8-19-9-7-17/h2-5,11H,6-9H2,1H3,(H,16,18). The van der Waals surface area contributed by atoms with Gasteiger partial charge in [-0.05, 0) is 31.2 Å². The molecule has 1 aromatic carbocycles. The minimum atomic E-state index is -0.640. The van der Waals surface area contributed by atoms with Crippen molar-refractivity contribution in [2.75, 3.05) is 36.5 Å². The molecule has 0 bridgehead atoms. The third-order valence-electron chi connectivity index (χ3n) is 3.10. The average molecular weight is 259 g/mol. The summed E-state index contributed by atoms with van der Waals surface area (Å²) in [7, 11) is 0. The van der Waals surface area contributed by atoms with Gasteiger partial charge in [0.25, 0.3) is 0 Å². The first-order valence-corrected chi connectivity index (χ1v) is 6.34. The highest BCUT2D eigenvalue weighted by molar-refractivity contribution is 5.93. The topological polar surface area (TPSA) is 65.4 Å². The quantitative estimate of drug-likeness (QED) is 0.895. The zero-order valence-corrected chi connectivity index (χ0v) is 10.9. The predicted octanol–water partition coefficient (Wildman–Crippen LogP) is 1.62. The molecule has 19 heavy (non-hydrogen) atoms. The Balaban J connectivity index is 1.98. The number of rotatable bonds is 3. The zero-order chi connectivity index (χ0) is 13.7. The number of morpholine rings is 1. The van der Waals surface area contributed by atoms with Crippen LogP contribution in [0.25, 0.3) is 0 Å². The van der Waals surface area contributed by atoms with E-state index < -0.39 is 5.92 Å². The number of nitrogens with one attached hydrogen (secondary N) is 1. The largest absolute Gasteiger partial charge is 0.378 e. The van der Waals surface area contributed by atoms with E-state index in [0.717, 1.165) is 32.0 Å². The number of nitrogens with zero attached hydrogens (tertiary/aromatic N) is 2. The van der Waals surface area contributed by atoms with E-state index in [4.69, 9.17) is 10.00 Å². The zero-order valence-electron chi connectivity index (χ0n) is 10.9. The second-order valence-corrected chi connectivity index (χ2v) is 4.49. The molecular formula is C14H17N3O2. The molecule has 1 atom stereocenters. The number of nitriles is 1. The Hall–Kier alpha value is -2.06. The van der Waals surface area contributed by atoms with Crippen LogP contribution in [0.15, 0.2) is 24.3 Å². The number of anilines is 2. The molecule has 5 heteroatoms. The van der Waals surface area contributed by atoms with Gasteiger partial charge in [-0.15, -0.1) is 0 Å². The maximum absolute atomic E-state index is 11.6. The van der Waals surface area contributed by atoms with E-state index in [9.17, 15) is 4.79 Å². The summed E-state index contributed by atoms with van der Waals surface area (Å²) in [4.78, 5) is 13.8. The van der Waals surface area contributed by atoms with E-state index in [-0.39, 0.29) is 5.91 Å². The van der Waals surface area contributed by atoms with E-state index in [2.05, 4.69) is 10.2 Å². The number of carbonyl (C=O) groups is 1. The lowest BCUT2D eigenvalue weighted by Crippen LogP contribution is -2.36. The van der Waals surface area contributed by atoms with Crippen LogP contribution in [0.5, 0.6) is 0 Å². The first kappa shape index (κ1) is 13.4. The van der Waals surface area contributed by atoms with Gasteiger partial charge in [-0.2, -0.15) is 5.26 Å². The Bertz CT molecular complexity index is 472. The van der Waals surface area contributed by atoms with E-state index in [0.29, 0.717) is 5.69 Å². The minimum absolute atomic E-state index is 0.276. The van der Waals surface area contributed by atoms with Crippen molar-refractivity contribution < 1.29 is 9.53 Å². The first-order valence-electron chi connectivity index (χ1n) is 6.34. The lowest BCUT2D eigenvalue weighted by atomic mass is 10.2. The molecule has 5 nitrogen and oxygen atoms in total. The molecule has 2 rings (SSSR count). The highest BCUT2D eigenvalue weighted by Crippen LogP contribution is 2.19. The molecular weight excluding hydrogens is 242 g/mol. The van der Waals surface area contributed by atoms with Gasteiger partial charge in [-0.25, -0.2) is 0 Å². The van der Waals surface area contributed by atoms with Crippen molar-refractivity contribution in [1.82, 2.24) is 0 Å². The summed E-state index contributed by atoms with van der Waals surface area (Å²) in [6, 6.07) is 9.56. The fourth-order valence-corrected chi connectivity index (χ4v) is 1.89. The second kappa shape index (κ2) is 6.21. The summed E-state index contributed by atoms with van der Waals surface area (Å²) >= 11 is 0. The molecule has 0 spiro atoms. The maximum Gasteiger partial charge on any atom is 0.241 e. The Morgan fingerprint density at radius 2 is 2.00 bits per heavy atom. The number of benzene rings is 1. The van der Waals surface area contributed by atoms with Crippen molar-refractivity contribution in [2.24, 2.45) is 5.92 Å². The van der Waals surface area contributed by atoms with Gasteiger partial charge >= 0.3 is 0 Å². The summed E-state index contributed by atoms with van der Waals surface area (Å²) in [5.41, 5.74) is 1.83. The smallest absolute Gasteiger partial charge is 0.241 e. The number of hydrogen-bond acceptors (Lipinski definition) is 4. The number of amides is 1. The van der Waals surface area contributed by atoms with Gasteiger partial charge in [0.1, 0.15) is 5.92 Å². The summed E-state index contributed by atoms with van der Waals surface area (Å²) in [5, 5.41) is 11.4. The van der Waals surface area contributed by atoms with Crippen LogP contribution in [0.3, 0.4) is 0 Å². The molecule has 1 amide bonds. The Morgan fingerprint density at radius 3 is 2.58 bits per heavy atom. The van der Waals surface area contributed by atoms with Gasteiger partial charge in [-0.3, -0.25) is 4.79 Å². The molecule has 1 heterocycles. The van der Waals surface area contributed by atoms with Crippen molar-refractivity contribution in [3.05, 3.63) is 24.3 Å². The molecule has 100 valence electrons. The van der Waals surface area contributed by atoms with E-state index >= 15 is 0 Å². The summed E-state index contributed by atoms with van der Waals surface area (Å²) in [5.74, 6) is -0.916. The average Bonchev–Trinajstić information content (AvgIpc) is 2.48. The predicted molar refractivity (Wildman–Crippen MR) is 72.9 cm³/mol. The molecule has 1 aliphatic heterocycles. The van der Waals surface area contributed by atoms with Crippen LogP contribution in [0.2, 0.25) is 0 Å². The lowest BCUT2D eigenvalue weighted by molar-refractivity contribution is -0.117. The van der Waals surface area contributed by atoms with Crippen LogP contribution in [0, 0.1) is 17.2 Å². The van der Waals surface area contributed by atoms with Gasteiger partial charge in [0.15, 0.2) is 0 Å². The molecule has 0 aliphatic carbocycles. The van der Waals surface area contributed by atoms with Gasteiger partial charge in [0.05, 0.1) is 19.3 Å². The Labute approximate surface area is 112 Å². The van der Waals surface area contributed by atoms with Gasteiger partial charge < -0.3 is 15.0 Å². The van der Waals surface area contributed by atoms with Crippen molar-refractivity contribution in [1.29, 1.82) is 5.26 Å². The molecule has 1 fully saturated rings. The van der Waals surface area contributed by atoms with Crippen molar-refractivity contribution in [3.63, 3.8) is 0 Å². The number of carbonyl (C=O) groups excluding carboxylic acids is 1. The third kappa shape index (κ3) is 3.46. The summed E-state index contributed by atoms with van der Waals surface area (Å²) < 4.78 is 5.31. The van der Waals surface area contributed by atoms with Crippen LogP contribution in [-0.2, 0) is 9.53 Å². The van der Waals surface area contributed by atoms with Crippen LogP contribution in [0.4, 0.5) is 11.4 Å². The number of ether oxygens (including phenoxy) is 1. The normalized spacial score (nSPS) is 16.5. The molecule has 1 aromatic rings. The molecule has 0 radical (unpaired) electrons. The van der Waals surface area contributed by atoms with E-state index in [1.165, 1.54) is 0 Å². The van der Waals surface area contributed by atoms with Crippen LogP contribution >= 0.6 is 0 Å². The highest BCUT2D eigenvalue weighted by atomic mass is 16.5. The molecule has 1 unspecified atom stereocenters. The van der Waals surface area contributed by atoms with Crippen LogP contribution in [-0.4, -0.2) is 32.2 Å². The molecule has 1 N–H and O–H groups in total. The summed E-state index contributed by atoms with van der Waals surface area (Å²) in [6.07, 6.45) is 0. The van der Waals surface area contributed by atoms with Gasteiger partial charge in [-0.1, -0.05) is 0 Å². The minimum Gasteiger partial charge on any atom is -0.378 e. The Morgan fingerprint density at radius 1 is 1.37 bits per heavy atom. The first-order chi connectivity index (χ1) is 9.20. The SMILES string of the molecule is CC(C#N)C(=O)Nc1ccc(N2CCOCC2)cc1. The van der Waals surface area contributed by atoms with Gasteiger partial charge in [0, 0.05) is 24.5 Å². The van der Waals surface area contributed by atoms with E-state index in [1.807, 2.05) is 30.3 Å². The molecule has 0 saturated carbocycles. The fraction of sp³-hybridized carbons (Fsp3) is 0.429. The van der Waals surface area contributed by atoms with Crippen molar-refractivity contribution >= 4 is 17.3 Å². The maximum atomic E-state index is 11.6. The van der Waals surface area contributed by atoms with Crippen LogP contribution in [0.1, 0.15) is 6.92 Å². The second-order valence-electron chi connectivity index (χ2n) is 4.49. The summed E-state index contributed by atoms with van der Waals surface area (Å²) in [6.45, 7) is 4.85. The van der Waals surface area contributed by atoms with E-state index in [1.54, 1.807) is 6.92 Å². The number of hydrogen-bond donors (Lipinski definition) is 1. The molecule has 1 aliphatic rings. The van der Waals surface area contributed by atoms with Crippen molar-refractivity contribution in [2.45, 2.75) is 6.92 Å². The third-order valence-corrected chi connectivity index (χ3v) is 3.10.